The summed E-state index contributed by atoms with van der Waals surface area (Å²) >= 11 is 12.4. The zero-order chi connectivity index (χ0) is 21.6. The van der Waals surface area contributed by atoms with E-state index in [1.165, 1.54) is 23.1 Å². The lowest BCUT2D eigenvalue weighted by molar-refractivity contribution is -0.141. The van der Waals surface area contributed by atoms with E-state index in [0.717, 1.165) is 0 Å². The van der Waals surface area contributed by atoms with Gasteiger partial charge in [0.2, 0.25) is 11.8 Å². The van der Waals surface area contributed by atoms with Crippen LogP contribution in [0.3, 0.4) is 0 Å². The Bertz CT molecular complexity index is 853. The van der Waals surface area contributed by atoms with Gasteiger partial charge in [0, 0.05) is 28.2 Å². The molecule has 2 aromatic carbocycles. The fourth-order valence-electron chi connectivity index (χ4n) is 3.06. The van der Waals surface area contributed by atoms with E-state index in [4.69, 9.17) is 23.2 Å². The standard InChI is InChI=1S/C22H25Cl2FN2O2/c1-4-20(22(29)26-14(2)3)27(13-15-8-5-6-9-17(15)23)21(28)12-16-18(24)10-7-11-19(16)25/h5-11,14,20H,4,12-13H2,1-3H3,(H,26,29). The van der Waals surface area contributed by atoms with Crippen LogP contribution in [0.15, 0.2) is 42.5 Å². The van der Waals surface area contributed by atoms with Gasteiger partial charge < -0.3 is 10.2 Å². The molecule has 0 spiro atoms. The summed E-state index contributed by atoms with van der Waals surface area (Å²) in [6.45, 7) is 5.66. The van der Waals surface area contributed by atoms with Gasteiger partial charge in [-0.3, -0.25) is 9.59 Å². The maximum absolute atomic E-state index is 14.2. The van der Waals surface area contributed by atoms with Crippen LogP contribution in [0, 0.1) is 5.82 Å². The van der Waals surface area contributed by atoms with E-state index in [2.05, 4.69) is 5.32 Å². The van der Waals surface area contributed by atoms with E-state index >= 15 is 0 Å². The highest BCUT2D eigenvalue weighted by Crippen LogP contribution is 2.23. The molecule has 0 radical (unpaired) electrons. The second-order valence-electron chi connectivity index (χ2n) is 7.08. The zero-order valence-electron chi connectivity index (χ0n) is 16.7. The van der Waals surface area contributed by atoms with E-state index in [-0.39, 0.29) is 35.5 Å². The number of hydrogen-bond acceptors (Lipinski definition) is 2. The van der Waals surface area contributed by atoms with Crippen LogP contribution >= 0.6 is 23.2 Å². The lowest BCUT2D eigenvalue weighted by Gasteiger charge is -2.31. The van der Waals surface area contributed by atoms with E-state index in [1.54, 1.807) is 18.2 Å². The second-order valence-corrected chi connectivity index (χ2v) is 7.89. The number of benzene rings is 2. The van der Waals surface area contributed by atoms with Crippen LogP contribution in [0.25, 0.3) is 0 Å². The summed E-state index contributed by atoms with van der Waals surface area (Å²) in [5.41, 5.74) is 0.820. The SMILES string of the molecule is CCC(C(=O)NC(C)C)N(Cc1ccccc1Cl)C(=O)Cc1c(F)cccc1Cl. The van der Waals surface area contributed by atoms with Gasteiger partial charge in [0.05, 0.1) is 6.42 Å². The molecule has 1 unspecified atom stereocenters. The number of hydrogen-bond donors (Lipinski definition) is 1. The molecule has 0 saturated carbocycles. The number of halogens is 3. The Labute approximate surface area is 181 Å². The van der Waals surface area contributed by atoms with Crippen molar-refractivity contribution in [3.05, 3.63) is 69.5 Å². The van der Waals surface area contributed by atoms with Gasteiger partial charge in [0.25, 0.3) is 0 Å². The smallest absolute Gasteiger partial charge is 0.243 e. The predicted octanol–water partition coefficient (Wildman–Crippen LogP) is 5.01. The molecule has 2 amide bonds. The first-order valence-electron chi connectivity index (χ1n) is 9.50. The van der Waals surface area contributed by atoms with Crippen LogP contribution in [0.5, 0.6) is 0 Å². The van der Waals surface area contributed by atoms with Crippen molar-refractivity contribution in [1.82, 2.24) is 10.2 Å². The zero-order valence-corrected chi connectivity index (χ0v) is 18.2. The Balaban J connectivity index is 2.38. The van der Waals surface area contributed by atoms with Crippen LogP contribution in [0.2, 0.25) is 10.0 Å². The van der Waals surface area contributed by atoms with Crippen LogP contribution < -0.4 is 5.32 Å². The van der Waals surface area contributed by atoms with Crippen molar-refractivity contribution in [2.24, 2.45) is 0 Å². The molecule has 0 aliphatic heterocycles. The quantitative estimate of drug-likeness (QED) is 0.629. The molecular weight excluding hydrogens is 414 g/mol. The van der Waals surface area contributed by atoms with Gasteiger partial charge in [0.1, 0.15) is 11.9 Å². The first kappa shape index (κ1) is 23.2. The molecule has 29 heavy (non-hydrogen) atoms. The maximum atomic E-state index is 14.2. The van der Waals surface area contributed by atoms with Crippen LogP contribution in [-0.2, 0) is 22.6 Å². The number of carbonyl (C=O) groups is 2. The molecular formula is C22H25Cl2FN2O2. The van der Waals surface area contributed by atoms with Gasteiger partial charge in [-0.15, -0.1) is 0 Å². The Morgan fingerprint density at radius 3 is 2.31 bits per heavy atom. The first-order chi connectivity index (χ1) is 13.7. The van der Waals surface area contributed by atoms with Crippen LogP contribution in [-0.4, -0.2) is 28.8 Å². The number of carbonyl (C=O) groups excluding carboxylic acids is 2. The lowest BCUT2D eigenvalue weighted by Crippen LogP contribution is -2.50. The fraction of sp³-hybridized carbons (Fsp3) is 0.364. The van der Waals surface area contributed by atoms with Gasteiger partial charge in [-0.25, -0.2) is 4.39 Å². The molecule has 1 atom stereocenters. The van der Waals surface area contributed by atoms with Crippen molar-refractivity contribution < 1.29 is 14.0 Å². The molecule has 0 bridgehead atoms. The molecule has 156 valence electrons. The number of rotatable bonds is 8. The van der Waals surface area contributed by atoms with E-state index < -0.39 is 17.8 Å². The number of amides is 2. The Morgan fingerprint density at radius 2 is 1.72 bits per heavy atom. The summed E-state index contributed by atoms with van der Waals surface area (Å²) in [5, 5.41) is 3.52. The molecule has 4 nitrogen and oxygen atoms in total. The minimum atomic E-state index is -0.716. The van der Waals surface area contributed by atoms with E-state index in [1.807, 2.05) is 26.8 Å². The molecule has 1 N–H and O–H groups in total. The molecule has 0 heterocycles. The van der Waals surface area contributed by atoms with Crippen molar-refractivity contribution in [3.63, 3.8) is 0 Å². The van der Waals surface area contributed by atoms with Gasteiger partial charge >= 0.3 is 0 Å². The van der Waals surface area contributed by atoms with Gasteiger partial charge in [-0.1, -0.05) is 54.4 Å². The van der Waals surface area contributed by atoms with Crippen molar-refractivity contribution in [3.8, 4) is 0 Å². The highest BCUT2D eigenvalue weighted by atomic mass is 35.5. The van der Waals surface area contributed by atoms with Gasteiger partial charge in [-0.2, -0.15) is 0 Å². The summed E-state index contributed by atoms with van der Waals surface area (Å²) in [5.74, 6) is -1.21. The van der Waals surface area contributed by atoms with Crippen molar-refractivity contribution in [1.29, 1.82) is 0 Å². The average molecular weight is 439 g/mol. The normalized spacial score (nSPS) is 12.0. The molecule has 7 heteroatoms. The molecule has 0 aromatic heterocycles. The first-order valence-corrected chi connectivity index (χ1v) is 10.3. The third-order valence-electron chi connectivity index (χ3n) is 4.51. The lowest BCUT2D eigenvalue weighted by atomic mass is 10.1. The van der Waals surface area contributed by atoms with Crippen LogP contribution in [0.1, 0.15) is 38.3 Å². The topological polar surface area (TPSA) is 49.4 Å². The highest BCUT2D eigenvalue weighted by molar-refractivity contribution is 6.31. The Kier molecular flexibility index (Phi) is 8.47. The minimum absolute atomic E-state index is 0.0742. The number of nitrogens with zero attached hydrogens (tertiary/aromatic N) is 1. The van der Waals surface area contributed by atoms with Crippen molar-refractivity contribution in [2.75, 3.05) is 0 Å². The maximum Gasteiger partial charge on any atom is 0.243 e. The third kappa shape index (κ3) is 6.18. The van der Waals surface area contributed by atoms with Gasteiger partial charge in [-0.05, 0) is 44.0 Å². The third-order valence-corrected chi connectivity index (χ3v) is 5.23. The average Bonchev–Trinajstić information content (AvgIpc) is 2.65. The Hall–Kier alpha value is -2.11. The summed E-state index contributed by atoms with van der Waals surface area (Å²) in [6, 6.07) is 10.6. The number of nitrogens with one attached hydrogen (secondary N) is 1. The minimum Gasteiger partial charge on any atom is -0.352 e. The molecule has 2 aromatic rings. The van der Waals surface area contributed by atoms with E-state index in [0.29, 0.717) is 17.0 Å². The molecule has 0 aliphatic rings. The van der Waals surface area contributed by atoms with E-state index in [9.17, 15) is 14.0 Å². The molecule has 2 rings (SSSR count). The monoisotopic (exact) mass is 438 g/mol. The van der Waals surface area contributed by atoms with Crippen molar-refractivity contribution >= 4 is 35.0 Å². The summed E-state index contributed by atoms with van der Waals surface area (Å²) < 4.78 is 14.2. The molecule has 0 fully saturated rings. The largest absolute Gasteiger partial charge is 0.352 e. The van der Waals surface area contributed by atoms with Gasteiger partial charge in [0.15, 0.2) is 0 Å². The summed E-state index contributed by atoms with van der Waals surface area (Å²) in [6.07, 6.45) is 0.154. The van der Waals surface area contributed by atoms with Crippen LogP contribution in [0.4, 0.5) is 4.39 Å². The summed E-state index contributed by atoms with van der Waals surface area (Å²) in [4.78, 5) is 27.4. The predicted molar refractivity (Wildman–Crippen MR) is 114 cm³/mol. The molecule has 0 aliphatic carbocycles. The Morgan fingerprint density at radius 1 is 1.07 bits per heavy atom. The summed E-state index contributed by atoms with van der Waals surface area (Å²) in [7, 11) is 0. The van der Waals surface area contributed by atoms with Crippen molar-refractivity contribution in [2.45, 2.75) is 52.2 Å². The second kappa shape index (κ2) is 10.6. The molecule has 0 saturated heterocycles. The fourth-order valence-corrected chi connectivity index (χ4v) is 3.49. The highest BCUT2D eigenvalue weighted by Gasteiger charge is 2.30.